The Balaban J connectivity index is 1.20. The van der Waals surface area contributed by atoms with E-state index < -0.39 is 5.41 Å². The van der Waals surface area contributed by atoms with E-state index in [1.807, 2.05) is 6.07 Å². The zero-order valence-corrected chi connectivity index (χ0v) is 33.7. The van der Waals surface area contributed by atoms with Crippen LogP contribution in [0.15, 0.2) is 186 Å². The van der Waals surface area contributed by atoms with Gasteiger partial charge in [-0.15, -0.1) is 0 Å². The van der Waals surface area contributed by atoms with E-state index in [4.69, 9.17) is 4.42 Å². The first-order chi connectivity index (χ1) is 28.2. The zero-order valence-electron chi connectivity index (χ0n) is 33.7. The van der Waals surface area contributed by atoms with Gasteiger partial charge in [0.1, 0.15) is 11.2 Å². The topological polar surface area (TPSA) is 16.4 Å². The van der Waals surface area contributed by atoms with Crippen LogP contribution in [0.5, 0.6) is 0 Å². The molecule has 2 heteroatoms. The van der Waals surface area contributed by atoms with Crippen molar-refractivity contribution in [3.63, 3.8) is 0 Å². The minimum absolute atomic E-state index is 0.0415. The molecule has 2 aliphatic rings. The average Bonchev–Trinajstić information content (AvgIpc) is 3.77. The van der Waals surface area contributed by atoms with Crippen LogP contribution in [-0.2, 0) is 16.2 Å². The van der Waals surface area contributed by atoms with E-state index in [-0.39, 0.29) is 10.8 Å². The zero-order chi connectivity index (χ0) is 39.4. The molecule has 9 aromatic rings. The van der Waals surface area contributed by atoms with E-state index >= 15 is 0 Å². The minimum atomic E-state index is -0.518. The van der Waals surface area contributed by atoms with Gasteiger partial charge in [0.15, 0.2) is 0 Å². The summed E-state index contributed by atoms with van der Waals surface area (Å²) < 4.78 is 6.52. The Kier molecular flexibility index (Phi) is 7.41. The summed E-state index contributed by atoms with van der Waals surface area (Å²) >= 11 is 0. The molecule has 1 atom stereocenters. The highest BCUT2D eigenvalue weighted by molar-refractivity contribution is 6.06. The predicted molar refractivity (Wildman–Crippen MR) is 242 cm³/mol. The van der Waals surface area contributed by atoms with Crippen molar-refractivity contribution in [3.05, 3.63) is 221 Å². The highest BCUT2D eigenvalue weighted by Gasteiger charge is 2.54. The summed E-state index contributed by atoms with van der Waals surface area (Å²) in [4.78, 5) is 2.41. The van der Waals surface area contributed by atoms with Crippen LogP contribution in [0.4, 0.5) is 17.1 Å². The molecule has 11 rings (SSSR count). The van der Waals surface area contributed by atoms with Crippen molar-refractivity contribution in [2.75, 3.05) is 4.90 Å². The monoisotopic (exact) mass is 747 g/mol. The lowest BCUT2D eigenvalue weighted by molar-refractivity contribution is 0.561. The van der Waals surface area contributed by atoms with E-state index in [9.17, 15) is 0 Å². The van der Waals surface area contributed by atoms with Crippen LogP contribution in [0.2, 0.25) is 0 Å². The Hall–Kier alpha value is -6.64. The Morgan fingerprint density at radius 3 is 1.81 bits per heavy atom. The van der Waals surface area contributed by atoms with Crippen LogP contribution >= 0.6 is 0 Å². The first kappa shape index (κ1) is 34.6. The molecule has 0 radical (unpaired) electrons. The number of rotatable bonds is 4. The van der Waals surface area contributed by atoms with E-state index in [0.717, 1.165) is 39.0 Å². The maximum Gasteiger partial charge on any atom is 0.137 e. The molecule has 0 saturated heterocycles. The van der Waals surface area contributed by atoms with Gasteiger partial charge in [-0.1, -0.05) is 168 Å². The Bertz CT molecular complexity index is 3070. The molecule has 2 aliphatic carbocycles. The summed E-state index contributed by atoms with van der Waals surface area (Å²) in [6.45, 7) is 11.8. The summed E-state index contributed by atoms with van der Waals surface area (Å²) in [6, 6.07) is 67.4. The standard InChI is InChI=1S/C56H45NO/c1-54(2,3)48-23-15-24-49-53(48)43-19-9-11-20-44(43)56(49)47-22-13-12-21-45(47)55(4,5)46-33-31-39(34-50(46)56)57(38-28-26-37(27-29-38)36-16-7-6-8-17-36)40-30-32-42-41-18-10-14-25-51(41)58-52(42)35-40/h6-35H,1-5H3. The minimum Gasteiger partial charge on any atom is -0.456 e. The maximum atomic E-state index is 6.52. The second-order valence-corrected chi connectivity index (χ2v) is 17.7. The summed E-state index contributed by atoms with van der Waals surface area (Å²) in [5.41, 5.74) is 18.9. The van der Waals surface area contributed by atoms with Crippen molar-refractivity contribution in [2.24, 2.45) is 0 Å². The second-order valence-electron chi connectivity index (χ2n) is 17.7. The SMILES string of the molecule is CC(C)(C)c1cccc2c1-c1ccccc1C21c2ccccc2C(C)(C)c2ccc(N(c3ccc(-c4ccccc4)cc3)c3ccc4c(c3)oc3ccccc34)cc21. The molecule has 280 valence electrons. The number of benzene rings is 8. The highest BCUT2D eigenvalue weighted by Crippen LogP contribution is 2.63. The molecule has 0 fully saturated rings. The van der Waals surface area contributed by atoms with Gasteiger partial charge in [0.05, 0.1) is 5.41 Å². The predicted octanol–water partition coefficient (Wildman–Crippen LogP) is 15.0. The fourth-order valence-electron chi connectivity index (χ4n) is 10.4. The van der Waals surface area contributed by atoms with E-state index in [0.29, 0.717) is 0 Å². The van der Waals surface area contributed by atoms with Crippen LogP contribution < -0.4 is 4.90 Å². The molecule has 1 aromatic heterocycles. The van der Waals surface area contributed by atoms with Crippen molar-refractivity contribution in [1.82, 2.24) is 0 Å². The lowest BCUT2D eigenvalue weighted by atomic mass is 9.55. The van der Waals surface area contributed by atoms with Gasteiger partial charge < -0.3 is 9.32 Å². The molecule has 8 aromatic carbocycles. The Morgan fingerprint density at radius 2 is 1.02 bits per heavy atom. The molecule has 2 nitrogen and oxygen atoms in total. The fourth-order valence-corrected chi connectivity index (χ4v) is 10.4. The smallest absolute Gasteiger partial charge is 0.137 e. The Labute approximate surface area is 341 Å². The number of para-hydroxylation sites is 1. The van der Waals surface area contributed by atoms with Crippen LogP contribution in [-0.4, -0.2) is 0 Å². The molecule has 1 heterocycles. The van der Waals surface area contributed by atoms with Crippen molar-refractivity contribution < 1.29 is 4.42 Å². The van der Waals surface area contributed by atoms with E-state index in [1.165, 1.54) is 61.2 Å². The number of anilines is 3. The summed E-state index contributed by atoms with van der Waals surface area (Å²) in [5, 5.41) is 2.25. The quantitative estimate of drug-likeness (QED) is 0.178. The molecule has 0 amide bonds. The number of nitrogens with zero attached hydrogens (tertiary/aromatic N) is 1. The lowest BCUT2D eigenvalue weighted by Gasteiger charge is -2.47. The molecule has 0 bridgehead atoms. The summed E-state index contributed by atoms with van der Waals surface area (Å²) in [7, 11) is 0. The van der Waals surface area contributed by atoms with Crippen molar-refractivity contribution in [3.8, 4) is 22.3 Å². The van der Waals surface area contributed by atoms with Crippen LogP contribution in [0, 0.1) is 0 Å². The fraction of sp³-hybridized carbons (Fsp3) is 0.143. The van der Waals surface area contributed by atoms with Crippen molar-refractivity contribution in [1.29, 1.82) is 0 Å². The second kappa shape index (κ2) is 12.4. The molecular weight excluding hydrogens is 703 g/mol. The van der Waals surface area contributed by atoms with Gasteiger partial charge in [0, 0.05) is 39.3 Å². The summed E-state index contributed by atoms with van der Waals surface area (Å²) in [5.74, 6) is 0. The third kappa shape index (κ3) is 4.84. The number of fused-ring (bicyclic) bond motifs is 12. The lowest BCUT2D eigenvalue weighted by Crippen LogP contribution is -2.41. The third-order valence-corrected chi connectivity index (χ3v) is 13.1. The van der Waals surface area contributed by atoms with Crippen LogP contribution in [0.1, 0.15) is 73.6 Å². The van der Waals surface area contributed by atoms with Crippen molar-refractivity contribution in [2.45, 2.75) is 50.9 Å². The van der Waals surface area contributed by atoms with Crippen LogP contribution in [0.3, 0.4) is 0 Å². The molecule has 0 saturated carbocycles. The molecular formula is C56H45NO. The van der Waals surface area contributed by atoms with Crippen LogP contribution in [0.25, 0.3) is 44.2 Å². The highest BCUT2D eigenvalue weighted by atomic mass is 16.3. The maximum absolute atomic E-state index is 6.52. The number of hydrogen-bond donors (Lipinski definition) is 0. The van der Waals surface area contributed by atoms with Crippen molar-refractivity contribution >= 4 is 39.0 Å². The van der Waals surface area contributed by atoms with Gasteiger partial charge >= 0.3 is 0 Å². The van der Waals surface area contributed by atoms with Gasteiger partial charge in [-0.25, -0.2) is 0 Å². The molecule has 1 spiro atoms. The third-order valence-electron chi connectivity index (χ3n) is 13.1. The number of furan rings is 1. The average molecular weight is 748 g/mol. The molecule has 0 aliphatic heterocycles. The normalized spacial score (nSPS) is 16.2. The Morgan fingerprint density at radius 1 is 0.431 bits per heavy atom. The van der Waals surface area contributed by atoms with Gasteiger partial charge in [-0.3, -0.25) is 0 Å². The first-order valence-corrected chi connectivity index (χ1v) is 20.5. The van der Waals surface area contributed by atoms with E-state index in [2.05, 4.69) is 215 Å². The van der Waals surface area contributed by atoms with E-state index in [1.54, 1.807) is 0 Å². The summed E-state index contributed by atoms with van der Waals surface area (Å²) in [6.07, 6.45) is 0. The molecule has 1 unspecified atom stereocenters. The largest absolute Gasteiger partial charge is 0.456 e. The molecule has 58 heavy (non-hydrogen) atoms. The van der Waals surface area contributed by atoms with Gasteiger partial charge in [0.2, 0.25) is 0 Å². The molecule has 0 N–H and O–H groups in total. The van der Waals surface area contributed by atoms with Gasteiger partial charge in [0.25, 0.3) is 0 Å². The first-order valence-electron chi connectivity index (χ1n) is 20.5. The van der Waals surface area contributed by atoms with Gasteiger partial charge in [-0.2, -0.15) is 0 Å². The van der Waals surface area contributed by atoms with Gasteiger partial charge in [-0.05, 0) is 109 Å². The number of hydrogen-bond acceptors (Lipinski definition) is 2.